The third-order valence-electron chi connectivity index (χ3n) is 2.44. The number of thiazole rings is 1. The summed E-state index contributed by atoms with van der Waals surface area (Å²) in [7, 11) is 0. The predicted octanol–water partition coefficient (Wildman–Crippen LogP) is 3.24. The smallest absolute Gasteiger partial charge is 0.161 e. The molecule has 0 aliphatic heterocycles. The summed E-state index contributed by atoms with van der Waals surface area (Å²) in [4.78, 5) is 16.0. The monoisotopic (exact) mass is 277 g/mol. The van der Waals surface area contributed by atoms with E-state index in [1.807, 2.05) is 13.8 Å². The highest BCUT2D eigenvalue weighted by Crippen LogP contribution is 2.29. The molecule has 1 aromatic carbocycles. The van der Waals surface area contributed by atoms with E-state index in [4.69, 9.17) is 9.47 Å². The Morgan fingerprint density at radius 3 is 2.79 bits per heavy atom. The predicted molar refractivity (Wildman–Crippen MR) is 74.2 cm³/mol. The van der Waals surface area contributed by atoms with Crippen LogP contribution in [0.1, 0.15) is 27.2 Å². The Morgan fingerprint density at radius 1 is 1.32 bits per heavy atom. The van der Waals surface area contributed by atoms with Gasteiger partial charge in [-0.1, -0.05) is 0 Å². The first kappa shape index (κ1) is 13.5. The van der Waals surface area contributed by atoms with Crippen LogP contribution in [0.15, 0.2) is 24.4 Å². The van der Waals surface area contributed by atoms with Crippen LogP contribution in [0.25, 0.3) is 0 Å². The Hall–Kier alpha value is -1.88. The van der Waals surface area contributed by atoms with E-state index in [9.17, 15) is 4.79 Å². The lowest BCUT2D eigenvalue weighted by Crippen LogP contribution is -1.99. The number of carbonyl (C=O) groups excluding carboxylic acids is 1. The maximum Gasteiger partial charge on any atom is 0.161 e. The maximum absolute atomic E-state index is 10.8. The summed E-state index contributed by atoms with van der Waals surface area (Å²) in [6, 6.07) is 5.15. The van der Waals surface area contributed by atoms with Crippen LogP contribution in [0.2, 0.25) is 0 Å². The highest BCUT2D eigenvalue weighted by atomic mass is 32.1. The number of aryl methyl sites for hydroxylation is 1. The Bertz CT molecular complexity index is 566. The van der Waals surface area contributed by atoms with Crippen molar-refractivity contribution in [2.24, 2.45) is 0 Å². The number of nitrogens with zero attached hydrogens (tertiary/aromatic N) is 1. The van der Waals surface area contributed by atoms with Crippen molar-refractivity contribution in [3.63, 3.8) is 0 Å². The number of rotatable bonds is 6. The zero-order valence-electron chi connectivity index (χ0n) is 10.9. The first-order valence-electron chi connectivity index (χ1n) is 5.99. The number of benzene rings is 1. The zero-order valence-corrected chi connectivity index (χ0v) is 11.7. The molecule has 0 aliphatic carbocycles. The third kappa shape index (κ3) is 3.54. The van der Waals surface area contributed by atoms with Gasteiger partial charge in [0, 0.05) is 11.8 Å². The molecule has 1 heterocycles. The molecule has 0 aliphatic rings. The minimum Gasteiger partial charge on any atom is -0.490 e. The van der Waals surface area contributed by atoms with Gasteiger partial charge in [0.2, 0.25) is 0 Å². The van der Waals surface area contributed by atoms with E-state index in [2.05, 4.69) is 4.98 Å². The molecule has 0 saturated carbocycles. The quantitative estimate of drug-likeness (QED) is 0.760. The second-order valence-corrected chi connectivity index (χ2v) is 5.21. The van der Waals surface area contributed by atoms with Crippen LogP contribution < -0.4 is 9.47 Å². The second-order valence-electron chi connectivity index (χ2n) is 3.89. The molecule has 5 heteroatoms. The minimum absolute atomic E-state index is 0.450. The number of ether oxygens (including phenoxy) is 2. The van der Waals surface area contributed by atoms with Crippen LogP contribution in [-0.2, 0) is 6.61 Å². The molecule has 0 unspecified atom stereocenters. The standard InChI is InChI=1S/C14H15NO3S/c1-3-17-14-6-11(8-16)4-5-13(14)18-9-12-7-15-10(2)19-12/h4-8H,3,9H2,1-2H3. The lowest BCUT2D eigenvalue weighted by molar-refractivity contribution is 0.112. The Balaban J connectivity index is 2.12. The van der Waals surface area contributed by atoms with Crippen molar-refractivity contribution in [3.05, 3.63) is 39.8 Å². The molecule has 0 saturated heterocycles. The molecule has 0 radical (unpaired) electrons. The van der Waals surface area contributed by atoms with Crippen molar-refractivity contribution in [1.82, 2.24) is 4.98 Å². The van der Waals surface area contributed by atoms with Crippen molar-refractivity contribution in [2.75, 3.05) is 6.61 Å². The molecule has 0 bridgehead atoms. The molecule has 0 fully saturated rings. The van der Waals surface area contributed by atoms with Gasteiger partial charge in [-0.2, -0.15) is 0 Å². The molecule has 2 rings (SSSR count). The van der Waals surface area contributed by atoms with Crippen LogP contribution in [0.4, 0.5) is 0 Å². The fourth-order valence-electron chi connectivity index (χ4n) is 1.61. The Labute approximate surface area is 116 Å². The molecule has 0 amide bonds. The zero-order chi connectivity index (χ0) is 13.7. The SMILES string of the molecule is CCOc1cc(C=O)ccc1OCc1cnc(C)s1. The van der Waals surface area contributed by atoms with Gasteiger partial charge >= 0.3 is 0 Å². The normalized spacial score (nSPS) is 10.2. The van der Waals surface area contributed by atoms with Gasteiger partial charge in [-0.05, 0) is 32.0 Å². The molecule has 19 heavy (non-hydrogen) atoms. The van der Waals surface area contributed by atoms with E-state index in [0.717, 1.165) is 16.2 Å². The van der Waals surface area contributed by atoms with Gasteiger partial charge in [0.15, 0.2) is 11.5 Å². The van der Waals surface area contributed by atoms with E-state index >= 15 is 0 Å². The molecular formula is C14H15NO3S. The summed E-state index contributed by atoms with van der Waals surface area (Å²) < 4.78 is 11.2. The molecular weight excluding hydrogens is 262 g/mol. The van der Waals surface area contributed by atoms with Crippen LogP contribution in [0.5, 0.6) is 11.5 Å². The molecule has 0 spiro atoms. The molecule has 0 N–H and O–H groups in total. The van der Waals surface area contributed by atoms with Gasteiger partial charge in [-0.15, -0.1) is 11.3 Å². The van der Waals surface area contributed by atoms with Crippen LogP contribution in [0.3, 0.4) is 0 Å². The topological polar surface area (TPSA) is 48.4 Å². The third-order valence-corrected chi connectivity index (χ3v) is 3.33. The highest BCUT2D eigenvalue weighted by molar-refractivity contribution is 7.11. The summed E-state index contributed by atoms with van der Waals surface area (Å²) in [5, 5.41) is 1.01. The molecule has 4 nitrogen and oxygen atoms in total. The van der Waals surface area contributed by atoms with Gasteiger partial charge in [-0.3, -0.25) is 4.79 Å². The van der Waals surface area contributed by atoms with Gasteiger partial charge in [-0.25, -0.2) is 4.98 Å². The number of aldehydes is 1. The molecule has 1 aromatic heterocycles. The number of hydrogen-bond acceptors (Lipinski definition) is 5. The van der Waals surface area contributed by atoms with E-state index in [1.54, 1.807) is 35.7 Å². The van der Waals surface area contributed by atoms with Crippen LogP contribution >= 0.6 is 11.3 Å². The van der Waals surface area contributed by atoms with Crippen molar-refractivity contribution >= 4 is 17.6 Å². The summed E-state index contributed by atoms with van der Waals surface area (Å²) >= 11 is 1.60. The lowest BCUT2D eigenvalue weighted by Gasteiger charge is -2.11. The van der Waals surface area contributed by atoms with E-state index in [0.29, 0.717) is 30.3 Å². The summed E-state index contributed by atoms with van der Waals surface area (Å²) in [5.74, 6) is 1.23. The highest BCUT2D eigenvalue weighted by Gasteiger charge is 2.07. The van der Waals surface area contributed by atoms with Gasteiger partial charge < -0.3 is 9.47 Å². The first-order chi connectivity index (χ1) is 9.22. The minimum atomic E-state index is 0.450. The summed E-state index contributed by atoms with van der Waals surface area (Å²) in [6.45, 7) is 4.83. The average Bonchev–Trinajstić information content (AvgIpc) is 2.83. The Kier molecular flexibility index (Phi) is 4.52. The number of carbonyl (C=O) groups is 1. The first-order valence-corrected chi connectivity index (χ1v) is 6.80. The van der Waals surface area contributed by atoms with E-state index in [1.165, 1.54) is 0 Å². The largest absolute Gasteiger partial charge is 0.490 e. The Morgan fingerprint density at radius 2 is 2.16 bits per heavy atom. The van der Waals surface area contributed by atoms with Crippen LogP contribution in [0, 0.1) is 6.92 Å². The summed E-state index contributed by atoms with van der Waals surface area (Å²) in [5.41, 5.74) is 0.574. The van der Waals surface area contributed by atoms with Crippen molar-refractivity contribution < 1.29 is 14.3 Å². The van der Waals surface area contributed by atoms with Gasteiger partial charge in [0.05, 0.1) is 16.5 Å². The summed E-state index contributed by atoms with van der Waals surface area (Å²) in [6.07, 6.45) is 2.60. The van der Waals surface area contributed by atoms with E-state index in [-0.39, 0.29) is 0 Å². The van der Waals surface area contributed by atoms with Gasteiger partial charge in [0.1, 0.15) is 12.9 Å². The van der Waals surface area contributed by atoms with Crippen LogP contribution in [-0.4, -0.2) is 17.9 Å². The molecule has 2 aromatic rings. The van der Waals surface area contributed by atoms with E-state index < -0.39 is 0 Å². The fourth-order valence-corrected chi connectivity index (χ4v) is 2.31. The fraction of sp³-hybridized carbons (Fsp3) is 0.286. The van der Waals surface area contributed by atoms with Crippen molar-refractivity contribution in [1.29, 1.82) is 0 Å². The second kappa shape index (κ2) is 6.33. The molecule has 0 atom stereocenters. The lowest BCUT2D eigenvalue weighted by atomic mass is 10.2. The van der Waals surface area contributed by atoms with Crippen molar-refractivity contribution in [3.8, 4) is 11.5 Å². The van der Waals surface area contributed by atoms with Gasteiger partial charge in [0.25, 0.3) is 0 Å². The average molecular weight is 277 g/mol. The van der Waals surface area contributed by atoms with Crippen molar-refractivity contribution in [2.45, 2.75) is 20.5 Å². The number of hydrogen-bond donors (Lipinski definition) is 0. The molecule has 100 valence electrons. The maximum atomic E-state index is 10.8. The number of aromatic nitrogens is 1.